The first-order valence-electron chi connectivity index (χ1n) is 5.32. The predicted molar refractivity (Wildman–Crippen MR) is 62.2 cm³/mol. The molecule has 0 aromatic carbocycles. The molecule has 3 atom stereocenters. The fourth-order valence-corrected chi connectivity index (χ4v) is 3.15. The van der Waals surface area contributed by atoms with E-state index in [1.54, 1.807) is 0 Å². The van der Waals surface area contributed by atoms with Crippen LogP contribution in [0.25, 0.3) is 0 Å². The molecule has 0 heterocycles. The zero-order chi connectivity index (χ0) is 11.1. The van der Waals surface area contributed by atoms with Crippen molar-refractivity contribution >= 4 is 40.7 Å². The average Bonchev–Trinajstić information content (AvgIpc) is 2.73. The Morgan fingerprint density at radius 2 is 2.00 bits per heavy atom. The first-order valence-corrected chi connectivity index (χ1v) is 6.45. The van der Waals surface area contributed by atoms with Gasteiger partial charge in [-0.1, -0.05) is 41.2 Å². The van der Waals surface area contributed by atoms with Gasteiger partial charge in [0.25, 0.3) is 9.70 Å². The summed E-state index contributed by atoms with van der Waals surface area (Å²) in [6.07, 6.45) is 5.22. The third kappa shape index (κ3) is 2.72. The summed E-state index contributed by atoms with van der Waals surface area (Å²) in [5, 5.41) is 2.71. The number of alkyl halides is 3. The van der Waals surface area contributed by atoms with E-state index < -0.39 is 9.70 Å². The second kappa shape index (κ2) is 4.31. The number of hydrogen-bond donors (Lipinski definition) is 1. The van der Waals surface area contributed by atoms with Gasteiger partial charge in [-0.3, -0.25) is 4.79 Å². The minimum atomic E-state index is -1.82. The summed E-state index contributed by atoms with van der Waals surface area (Å²) in [4.78, 5) is 11.3. The highest BCUT2D eigenvalue weighted by Gasteiger charge is 2.40. The quantitative estimate of drug-likeness (QED) is 0.768. The van der Waals surface area contributed by atoms with Crippen LogP contribution in [0.2, 0.25) is 0 Å². The highest BCUT2D eigenvalue weighted by molar-refractivity contribution is 6.76. The van der Waals surface area contributed by atoms with Gasteiger partial charge in [0, 0.05) is 6.54 Å². The second-order valence-electron chi connectivity index (χ2n) is 4.64. The molecule has 0 spiro atoms. The Hall–Kier alpha value is 0.340. The molecule has 1 N–H and O–H groups in total. The number of halogens is 3. The SMILES string of the molecule is O=C(NC[C@@H]1C[C@H]2CC[C@H]1C2)C(Cl)(Cl)Cl. The lowest BCUT2D eigenvalue weighted by atomic mass is 9.89. The van der Waals surface area contributed by atoms with Gasteiger partial charge in [-0.15, -0.1) is 0 Å². The van der Waals surface area contributed by atoms with Crippen molar-refractivity contribution in [3.8, 4) is 0 Å². The number of amides is 1. The van der Waals surface area contributed by atoms with Crippen LogP contribution >= 0.6 is 34.8 Å². The zero-order valence-corrected chi connectivity index (χ0v) is 10.6. The Balaban J connectivity index is 1.77. The predicted octanol–water partition coefficient (Wildman–Crippen LogP) is 2.91. The fourth-order valence-electron chi connectivity index (χ4n) is 2.95. The molecule has 1 amide bonds. The topological polar surface area (TPSA) is 29.1 Å². The standard InChI is InChI=1S/C10H14Cl3NO/c11-10(12,13)9(15)14-5-8-4-6-1-2-7(8)3-6/h6-8H,1-5H2,(H,14,15)/t6-,7-,8-/m0/s1. The molecule has 0 aliphatic heterocycles. The van der Waals surface area contributed by atoms with Gasteiger partial charge in [0.15, 0.2) is 0 Å². The van der Waals surface area contributed by atoms with Gasteiger partial charge in [-0.25, -0.2) is 0 Å². The Morgan fingerprint density at radius 1 is 1.27 bits per heavy atom. The number of nitrogens with one attached hydrogen (secondary N) is 1. The van der Waals surface area contributed by atoms with E-state index in [0.717, 1.165) is 11.8 Å². The smallest absolute Gasteiger partial charge is 0.272 e. The molecule has 0 aromatic rings. The summed E-state index contributed by atoms with van der Waals surface area (Å²) in [7, 11) is 0. The molecule has 0 saturated heterocycles. The van der Waals surface area contributed by atoms with Crippen LogP contribution in [0.3, 0.4) is 0 Å². The summed E-state index contributed by atoms with van der Waals surface area (Å²) in [5.74, 6) is 1.76. The van der Waals surface area contributed by atoms with E-state index in [2.05, 4.69) is 5.32 Å². The van der Waals surface area contributed by atoms with Crippen LogP contribution in [-0.2, 0) is 4.79 Å². The van der Waals surface area contributed by atoms with Crippen LogP contribution in [0.4, 0.5) is 0 Å². The van der Waals surface area contributed by atoms with Crippen LogP contribution < -0.4 is 5.32 Å². The molecular weight excluding hydrogens is 256 g/mol. The van der Waals surface area contributed by atoms with E-state index in [0.29, 0.717) is 12.5 Å². The molecule has 2 bridgehead atoms. The lowest BCUT2D eigenvalue weighted by Gasteiger charge is -2.22. The third-order valence-electron chi connectivity index (χ3n) is 3.67. The van der Waals surface area contributed by atoms with Crippen LogP contribution in [0, 0.1) is 17.8 Å². The molecule has 86 valence electrons. The van der Waals surface area contributed by atoms with Gasteiger partial charge in [0.1, 0.15) is 0 Å². The van der Waals surface area contributed by atoms with Crippen molar-refractivity contribution in [3.63, 3.8) is 0 Å². The Bertz CT molecular complexity index is 264. The molecule has 2 saturated carbocycles. The number of carbonyl (C=O) groups excluding carboxylic acids is 1. The van der Waals surface area contributed by atoms with E-state index in [9.17, 15) is 4.79 Å². The Labute approximate surface area is 105 Å². The number of carbonyl (C=O) groups is 1. The molecule has 2 rings (SSSR count). The summed E-state index contributed by atoms with van der Waals surface area (Å²) >= 11 is 16.4. The molecule has 0 radical (unpaired) electrons. The molecule has 2 aliphatic rings. The maximum absolute atomic E-state index is 11.3. The van der Waals surface area contributed by atoms with E-state index >= 15 is 0 Å². The number of fused-ring (bicyclic) bond motifs is 2. The molecule has 0 aromatic heterocycles. The van der Waals surface area contributed by atoms with Crippen LogP contribution in [0.5, 0.6) is 0 Å². The zero-order valence-electron chi connectivity index (χ0n) is 8.31. The van der Waals surface area contributed by atoms with Crippen molar-refractivity contribution < 1.29 is 4.79 Å². The second-order valence-corrected chi connectivity index (χ2v) is 6.92. The molecule has 2 fully saturated rings. The van der Waals surface area contributed by atoms with Crippen molar-refractivity contribution in [1.82, 2.24) is 5.32 Å². The van der Waals surface area contributed by atoms with Gasteiger partial charge in [0.05, 0.1) is 0 Å². The van der Waals surface area contributed by atoms with Gasteiger partial charge >= 0.3 is 0 Å². The highest BCUT2D eigenvalue weighted by atomic mass is 35.6. The van der Waals surface area contributed by atoms with Crippen molar-refractivity contribution in [3.05, 3.63) is 0 Å². The van der Waals surface area contributed by atoms with Crippen LogP contribution in [0.15, 0.2) is 0 Å². The first-order chi connectivity index (χ1) is 6.97. The summed E-state index contributed by atoms with van der Waals surface area (Å²) in [6, 6.07) is 0. The molecular formula is C10H14Cl3NO. The van der Waals surface area contributed by atoms with E-state index in [4.69, 9.17) is 34.8 Å². The van der Waals surface area contributed by atoms with Gasteiger partial charge in [-0.05, 0) is 37.0 Å². The molecule has 0 unspecified atom stereocenters. The average molecular weight is 271 g/mol. The van der Waals surface area contributed by atoms with E-state index in [-0.39, 0.29) is 0 Å². The van der Waals surface area contributed by atoms with E-state index in [1.807, 2.05) is 0 Å². The summed E-state index contributed by atoms with van der Waals surface area (Å²) in [6.45, 7) is 0.661. The maximum Gasteiger partial charge on any atom is 0.272 e. The number of rotatable bonds is 2. The maximum atomic E-state index is 11.3. The highest BCUT2D eigenvalue weighted by Crippen LogP contribution is 2.48. The minimum Gasteiger partial charge on any atom is -0.352 e. The lowest BCUT2D eigenvalue weighted by molar-refractivity contribution is -0.120. The van der Waals surface area contributed by atoms with Crippen molar-refractivity contribution in [2.45, 2.75) is 29.5 Å². The molecule has 2 aliphatic carbocycles. The largest absolute Gasteiger partial charge is 0.352 e. The van der Waals surface area contributed by atoms with Gasteiger partial charge in [0.2, 0.25) is 0 Å². The van der Waals surface area contributed by atoms with Crippen molar-refractivity contribution in [1.29, 1.82) is 0 Å². The van der Waals surface area contributed by atoms with Crippen LogP contribution in [-0.4, -0.2) is 16.2 Å². The molecule has 15 heavy (non-hydrogen) atoms. The van der Waals surface area contributed by atoms with Crippen molar-refractivity contribution in [2.24, 2.45) is 17.8 Å². The summed E-state index contributed by atoms with van der Waals surface area (Å²) in [5.41, 5.74) is 0. The Kier molecular flexibility index (Phi) is 3.39. The fraction of sp³-hybridized carbons (Fsp3) is 0.900. The lowest BCUT2D eigenvalue weighted by Crippen LogP contribution is -2.38. The third-order valence-corrected chi connectivity index (χ3v) is 4.18. The van der Waals surface area contributed by atoms with Gasteiger partial charge < -0.3 is 5.32 Å². The first kappa shape index (κ1) is 11.8. The van der Waals surface area contributed by atoms with Crippen LogP contribution in [0.1, 0.15) is 25.7 Å². The normalized spacial score (nSPS) is 34.5. The number of hydrogen-bond acceptors (Lipinski definition) is 1. The van der Waals surface area contributed by atoms with Gasteiger partial charge in [-0.2, -0.15) is 0 Å². The van der Waals surface area contributed by atoms with E-state index in [1.165, 1.54) is 25.7 Å². The molecule has 2 nitrogen and oxygen atoms in total. The summed E-state index contributed by atoms with van der Waals surface area (Å²) < 4.78 is -1.82. The molecule has 5 heteroatoms. The monoisotopic (exact) mass is 269 g/mol. The Morgan fingerprint density at radius 3 is 2.47 bits per heavy atom. The minimum absolute atomic E-state index is 0.504. The van der Waals surface area contributed by atoms with Crippen molar-refractivity contribution in [2.75, 3.05) is 6.54 Å².